The Morgan fingerprint density at radius 2 is 1.75 bits per heavy atom. The summed E-state index contributed by atoms with van der Waals surface area (Å²) in [6.45, 7) is 4.10. The van der Waals surface area contributed by atoms with Crippen LogP contribution in [0, 0.1) is 13.8 Å². The first-order valence-electron chi connectivity index (χ1n) is 10.3. The summed E-state index contributed by atoms with van der Waals surface area (Å²) in [5.74, 6) is 2.20. The smallest absolute Gasteiger partial charge is 0.248 e. The van der Waals surface area contributed by atoms with Crippen LogP contribution in [0.25, 0.3) is 11.0 Å². The van der Waals surface area contributed by atoms with Gasteiger partial charge in [-0.15, -0.1) is 0 Å². The number of H-pyrrole nitrogens is 1. The van der Waals surface area contributed by atoms with Crippen LogP contribution in [0.5, 0.6) is 11.6 Å². The Balaban J connectivity index is 1.47. The van der Waals surface area contributed by atoms with E-state index in [2.05, 4.69) is 32.4 Å². The highest BCUT2D eigenvalue weighted by atomic mass is 32.2. The highest BCUT2D eigenvalue weighted by molar-refractivity contribution is 7.89. The third-order valence-corrected chi connectivity index (χ3v) is 6.47. The van der Waals surface area contributed by atoms with E-state index in [1.807, 2.05) is 19.9 Å². The number of aromatic nitrogens is 3. The Morgan fingerprint density at radius 1 is 1.06 bits per heavy atom. The number of primary sulfonamides is 1. The molecule has 1 aliphatic rings. The van der Waals surface area contributed by atoms with Gasteiger partial charge < -0.3 is 15.0 Å². The van der Waals surface area contributed by atoms with Crippen molar-refractivity contribution in [3.05, 3.63) is 65.4 Å². The summed E-state index contributed by atoms with van der Waals surface area (Å²) in [4.78, 5) is 12.3. The largest absolute Gasteiger partial charge is 0.436 e. The highest BCUT2D eigenvalue weighted by Gasteiger charge is 2.25. The van der Waals surface area contributed by atoms with Crippen LogP contribution in [0.15, 0.2) is 53.6 Å². The minimum absolute atomic E-state index is 0.0367. The van der Waals surface area contributed by atoms with Crippen molar-refractivity contribution in [2.75, 3.05) is 5.32 Å². The third-order valence-electron chi connectivity index (χ3n) is 5.54. The van der Waals surface area contributed by atoms with E-state index in [0.29, 0.717) is 34.5 Å². The van der Waals surface area contributed by atoms with Gasteiger partial charge in [0.05, 0.1) is 10.4 Å². The van der Waals surface area contributed by atoms with Gasteiger partial charge in [-0.05, 0) is 79.6 Å². The molecule has 0 atom stereocenters. The molecule has 1 fully saturated rings. The molecule has 0 radical (unpaired) electrons. The molecule has 164 valence electrons. The molecular weight excluding hydrogens is 426 g/mol. The number of rotatable bonds is 6. The first-order chi connectivity index (χ1) is 15.3. The van der Waals surface area contributed by atoms with Crippen molar-refractivity contribution < 1.29 is 13.2 Å². The van der Waals surface area contributed by atoms with Gasteiger partial charge in [0.2, 0.25) is 21.9 Å². The van der Waals surface area contributed by atoms with Gasteiger partial charge in [0.1, 0.15) is 11.3 Å². The second-order valence-corrected chi connectivity index (χ2v) is 9.71. The van der Waals surface area contributed by atoms with Crippen LogP contribution < -0.4 is 15.2 Å². The Labute approximate surface area is 185 Å². The fourth-order valence-electron chi connectivity index (χ4n) is 3.80. The van der Waals surface area contributed by atoms with Gasteiger partial charge in [-0.25, -0.2) is 18.5 Å². The van der Waals surface area contributed by atoms with Crippen LogP contribution >= 0.6 is 0 Å². The molecule has 4 aromatic rings. The summed E-state index contributed by atoms with van der Waals surface area (Å²) in [7, 11) is -3.75. The molecule has 0 bridgehead atoms. The van der Waals surface area contributed by atoms with Gasteiger partial charge in [0.25, 0.3) is 0 Å². The summed E-state index contributed by atoms with van der Waals surface area (Å²) in [5, 5.41) is 8.26. The number of sulfonamides is 1. The van der Waals surface area contributed by atoms with Gasteiger partial charge in [-0.1, -0.05) is 12.1 Å². The molecule has 2 aromatic carbocycles. The third kappa shape index (κ3) is 4.04. The monoisotopic (exact) mass is 449 g/mol. The Hall–Kier alpha value is -3.43. The quantitative estimate of drug-likeness (QED) is 0.394. The molecule has 1 saturated carbocycles. The minimum Gasteiger partial charge on any atom is -0.436 e. The summed E-state index contributed by atoms with van der Waals surface area (Å²) < 4.78 is 29.2. The predicted octanol–water partition coefficient (Wildman–Crippen LogP) is 4.64. The number of fused-ring (bicyclic) bond motifs is 1. The summed E-state index contributed by atoms with van der Waals surface area (Å²) in [6.07, 6.45) is 4.29. The molecule has 0 saturated heterocycles. The molecule has 0 aliphatic heterocycles. The molecular formula is C23H23N5O3S. The average molecular weight is 450 g/mol. The van der Waals surface area contributed by atoms with Crippen molar-refractivity contribution in [3.8, 4) is 11.6 Å². The second kappa shape index (κ2) is 7.61. The number of nitrogens with one attached hydrogen (secondary N) is 2. The van der Waals surface area contributed by atoms with Gasteiger partial charge in [0, 0.05) is 11.9 Å². The number of benzene rings is 2. The number of nitrogens with zero attached hydrogens (tertiary/aromatic N) is 2. The molecule has 32 heavy (non-hydrogen) atoms. The molecule has 0 spiro atoms. The minimum atomic E-state index is -3.75. The van der Waals surface area contributed by atoms with Crippen molar-refractivity contribution in [1.29, 1.82) is 0 Å². The van der Waals surface area contributed by atoms with E-state index in [-0.39, 0.29) is 4.90 Å². The highest BCUT2D eigenvalue weighted by Crippen LogP contribution is 2.43. The standard InChI is InChI=1S/C23H23N5O3S/c1-13-11-16(15-3-4-15)12-14(2)21(13)31-22-20-19(9-10-25-20)27-23(28-22)26-17-5-7-18(8-6-17)32(24,29)30/h5-12,15,25H,3-4H2,1-2H3,(H2,24,29,30)(H,26,27,28). The summed E-state index contributed by atoms with van der Waals surface area (Å²) >= 11 is 0. The van der Waals surface area contributed by atoms with Crippen LogP contribution in [0.2, 0.25) is 0 Å². The van der Waals surface area contributed by atoms with Gasteiger partial charge in [0.15, 0.2) is 0 Å². The van der Waals surface area contributed by atoms with Crippen molar-refractivity contribution in [1.82, 2.24) is 15.0 Å². The van der Waals surface area contributed by atoms with Crippen LogP contribution in [0.1, 0.15) is 35.4 Å². The molecule has 5 rings (SSSR count). The fraction of sp³-hybridized carbons (Fsp3) is 0.217. The summed E-state index contributed by atoms with van der Waals surface area (Å²) in [6, 6.07) is 12.3. The zero-order chi connectivity index (χ0) is 22.5. The molecule has 9 heteroatoms. The van der Waals surface area contributed by atoms with Gasteiger partial charge in [-0.2, -0.15) is 4.98 Å². The Morgan fingerprint density at radius 3 is 2.38 bits per heavy atom. The molecule has 0 amide bonds. The summed E-state index contributed by atoms with van der Waals surface area (Å²) in [5.41, 5.74) is 5.52. The van der Waals surface area contributed by atoms with E-state index in [0.717, 1.165) is 16.9 Å². The van der Waals surface area contributed by atoms with E-state index >= 15 is 0 Å². The molecule has 4 N–H and O–H groups in total. The number of anilines is 2. The lowest BCUT2D eigenvalue weighted by Gasteiger charge is -2.14. The lowest BCUT2D eigenvalue weighted by molar-refractivity contribution is 0.460. The van der Waals surface area contributed by atoms with Crippen molar-refractivity contribution in [2.45, 2.75) is 37.5 Å². The maximum Gasteiger partial charge on any atom is 0.248 e. The van der Waals surface area contributed by atoms with Crippen molar-refractivity contribution in [3.63, 3.8) is 0 Å². The van der Waals surface area contributed by atoms with Crippen molar-refractivity contribution in [2.24, 2.45) is 5.14 Å². The SMILES string of the molecule is Cc1cc(C2CC2)cc(C)c1Oc1nc(Nc2ccc(S(N)(=O)=O)cc2)nc2cc[nH]c12. The van der Waals surface area contributed by atoms with Crippen molar-refractivity contribution >= 4 is 32.7 Å². The fourth-order valence-corrected chi connectivity index (χ4v) is 4.31. The van der Waals surface area contributed by atoms with Gasteiger partial charge >= 0.3 is 0 Å². The Bertz CT molecular complexity index is 1400. The maximum atomic E-state index is 11.5. The number of ether oxygens (including phenoxy) is 1. The van der Waals surface area contributed by atoms with Crippen LogP contribution in [0.3, 0.4) is 0 Å². The number of aromatic amines is 1. The lowest BCUT2D eigenvalue weighted by atomic mass is 10.0. The molecule has 0 unspecified atom stereocenters. The lowest BCUT2D eigenvalue weighted by Crippen LogP contribution is -2.11. The molecule has 1 aliphatic carbocycles. The van der Waals surface area contributed by atoms with Crippen LogP contribution in [-0.2, 0) is 10.0 Å². The first kappa shape index (κ1) is 20.5. The number of hydrogen-bond acceptors (Lipinski definition) is 6. The van der Waals surface area contributed by atoms with E-state index in [1.54, 1.807) is 18.3 Å². The normalized spacial score (nSPS) is 14.0. The van der Waals surface area contributed by atoms with Gasteiger partial charge in [-0.3, -0.25) is 0 Å². The predicted molar refractivity (Wildman–Crippen MR) is 123 cm³/mol. The number of nitrogens with two attached hydrogens (primary N) is 1. The Kier molecular flexibility index (Phi) is 4.87. The second-order valence-electron chi connectivity index (χ2n) is 8.14. The zero-order valence-corrected chi connectivity index (χ0v) is 18.5. The molecule has 2 heterocycles. The number of aryl methyl sites for hydroxylation is 2. The number of hydrogen-bond donors (Lipinski definition) is 3. The first-order valence-corrected chi connectivity index (χ1v) is 11.9. The van der Waals surface area contributed by atoms with E-state index in [4.69, 9.17) is 9.88 Å². The zero-order valence-electron chi connectivity index (χ0n) is 17.7. The van der Waals surface area contributed by atoms with E-state index in [9.17, 15) is 8.42 Å². The molecule has 2 aromatic heterocycles. The van der Waals surface area contributed by atoms with E-state index in [1.165, 1.54) is 30.5 Å². The average Bonchev–Trinajstić information content (AvgIpc) is 3.48. The van der Waals surface area contributed by atoms with Crippen LogP contribution in [0.4, 0.5) is 11.6 Å². The topological polar surface area (TPSA) is 123 Å². The molecule has 8 nitrogen and oxygen atoms in total. The van der Waals surface area contributed by atoms with E-state index < -0.39 is 10.0 Å². The van der Waals surface area contributed by atoms with Crippen LogP contribution in [-0.4, -0.2) is 23.4 Å². The maximum absolute atomic E-state index is 11.5.